The molecular weight excluding hydrogens is 454 g/mol. The van der Waals surface area contributed by atoms with Gasteiger partial charge in [0.1, 0.15) is 5.75 Å². The van der Waals surface area contributed by atoms with Gasteiger partial charge in [-0.1, -0.05) is 56.3 Å². The van der Waals surface area contributed by atoms with E-state index in [1.54, 1.807) is 7.11 Å². The SMILES string of the molecule is COc1ccccc1N1CCN(C(=O)[C@@H]2CO[C@H]3CN(C(=O)C(c4ccccc4)C(C)C)C[C@@H]32)CC1. The molecule has 1 unspecified atom stereocenters. The first kappa shape index (κ1) is 24.6. The molecule has 0 bridgehead atoms. The monoisotopic (exact) mass is 491 g/mol. The third kappa shape index (κ3) is 4.69. The van der Waals surface area contributed by atoms with Gasteiger partial charge in [0.25, 0.3) is 0 Å². The summed E-state index contributed by atoms with van der Waals surface area (Å²) >= 11 is 0. The Hall–Kier alpha value is -3.06. The van der Waals surface area contributed by atoms with Crippen molar-refractivity contribution < 1.29 is 19.1 Å². The molecule has 3 aliphatic heterocycles. The zero-order valence-electron chi connectivity index (χ0n) is 21.5. The first-order valence-corrected chi connectivity index (χ1v) is 13.1. The van der Waals surface area contributed by atoms with E-state index < -0.39 is 0 Å². The van der Waals surface area contributed by atoms with Crippen LogP contribution in [0.15, 0.2) is 54.6 Å². The first-order valence-electron chi connectivity index (χ1n) is 13.1. The number of benzene rings is 2. The van der Waals surface area contributed by atoms with Crippen LogP contribution in [0.25, 0.3) is 0 Å². The predicted molar refractivity (Wildman–Crippen MR) is 139 cm³/mol. The second-order valence-corrected chi connectivity index (χ2v) is 10.5. The summed E-state index contributed by atoms with van der Waals surface area (Å²) in [5.74, 6) is 1.07. The number of nitrogens with zero attached hydrogens (tertiary/aromatic N) is 3. The minimum atomic E-state index is -0.181. The van der Waals surface area contributed by atoms with Gasteiger partial charge in [0.05, 0.1) is 37.3 Å². The molecule has 3 aliphatic rings. The number of hydrogen-bond donors (Lipinski definition) is 0. The highest BCUT2D eigenvalue weighted by molar-refractivity contribution is 5.85. The molecule has 5 rings (SSSR count). The maximum absolute atomic E-state index is 13.6. The van der Waals surface area contributed by atoms with Gasteiger partial charge in [-0.3, -0.25) is 9.59 Å². The van der Waals surface area contributed by atoms with Gasteiger partial charge in [-0.15, -0.1) is 0 Å². The van der Waals surface area contributed by atoms with Crippen molar-refractivity contribution in [3.8, 4) is 5.75 Å². The number of rotatable bonds is 6. The minimum absolute atomic E-state index is 0.0543. The molecule has 0 aromatic heterocycles. The molecule has 3 saturated heterocycles. The van der Waals surface area contributed by atoms with E-state index in [2.05, 4.69) is 24.8 Å². The molecule has 2 aromatic carbocycles. The van der Waals surface area contributed by atoms with Gasteiger partial charge >= 0.3 is 0 Å². The summed E-state index contributed by atoms with van der Waals surface area (Å²) in [5, 5.41) is 0. The van der Waals surface area contributed by atoms with E-state index >= 15 is 0 Å². The number of carbonyl (C=O) groups excluding carboxylic acids is 2. The van der Waals surface area contributed by atoms with Crippen LogP contribution in [0.3, 0.4) is 0 Å². The smallest absolute Gasteiger partial charge is 0.230 e. The van der Waals surface area contributed by atoms with E-state index in [0.29, 0.717) is 32.8 Å². The largest absolute Gasteiger partial charge is 0.495 e. The average molecular weight is 492 g/mol. The number of likely N-dealkylation sites (tertiary alicyclic amines) is 1. The number of para-hydroxylation sites is 2. The Balaban J connectivity index is 1.21. The fraction of sp³-hybridized carbons (Fsp3) is 0.517. The second-order valence-electron chi connectivity index (χ2n) is 10.5. The molecule has 7 heteroatoms. The molecule has 0 aliphatic carbocycles. The molecule has 7 nitrogen and oxygen atoms in total. The van der Waals surface area contributed by atoms with E-state index in [1.807, 2.05) is 58.3 Å². The lowest BCUT2D eigenvalue weighted by Crippen LogP contribution is -2.51. The molecule has 4 atom stereocenters. The van der Waals surface area contributed by atoms with E-state index in [1.165, 1.54) is 0 Å². The summed E-state index contributed by atoms with van der Waals surface area (Å²) in [5.41, 5.74) is 2.12. The number of ether oxygens (including phenoxy) is 2. The third-order valence-corrected chi connectivity index (χ3v) is 8.05. The van der Waals surface area contributed by atoms with Gasteiger partial charge in [-0.2, -0.15) is 0 Å². The van der Waals surface area contributed by atoms with Crippen molar-refractivity contribution in [3.05, 3.63) is 60.2 Å². The molecule has 36 heavy (non-hydrogen) atoms. The number of hydrogen-bond acceptors (Lipinski definition) is 5. The minimum Gasteiger partial charge on any atom is -0.495 e. The highest BCUT2D eigenvalue weighted by Gasteiger charge is 2.50. The number of carbonyl (C=O) groups is 2. The van der Waals surface area contributed by atoms with E-state index in [-0.39, 0.29) is 41.6 Å². The zero-order chi connectivity index (χ0) is 25.2. The summed E-state index contributed by atoms with van der Waals surface area (Å²) in [7, 11) is 1.69. The third-order valence-electron chi connectivity index (χ3n) is 8.05. The maximum Gasteiger partial charge on any atom is 0.230 e. The normalized spacial score (nSPS) is 24.7. The topological polar surface area (TPSA) is 62.3 Å². The number of fused-ring (bicyclic) bond motifs is 1. The van der Waals surface area contributed by atoms with Crippen molar-refractivity contribution in [1.82, 2.24) is 9.80 Å². The van der Waals surface area contributed by atoms with Gasteiger partial charge in [0, 0.05) is 45.2 Å². The van der Waals surface area contributed by atoms with Crippen LogP contribution < -0.4 is 9.64 Å². The van der Waals surface area contributed by atoms with Crippen LogP contribution >= 0.6 is 0 Å². The lowest BCUT2D eigenvalue weighted by molar-refractivity contribution is -0.138. The van der Waals surface area contributed by atoms with Crippen LogP contribution in [0.5, 0.6) is 5.75 Å². The number of anilines is 1. The van der Waals surface area contributed by atoms with Crippen molar-refractivity contribution >= 4 is 17.5 Å². The Morgan fingerprint density at radius 1 is 0.917 bits per heavy atom. The van der Waals surface area contributed by atoms with Crippen molar-refractivity contribution in [2.45, 2.75) is 25.9 Å². The fourth-order valence-electron chi connectivity index (χ4n) is 6.11. The Bertz CT molecular complexity index is 1070. The summed E-state index contributed by atoms with van der Waals surface area (Å²) in [6.45, 7) is 8.71. The lowest BCUT2D eigenvalue weighted by atomic mass is 9.87. The molecule has 0 spiro atoms. The summed E-state index contributed by atoms with van der Waals surface area (Å²) in [6, 6.07) is 18.0. The molecule has 0 N–H and O–H groups in total. The molecule has 2 amide bonds. The van der Waals surface area contributed by atoms with Crippen LogP contribution in [-0.4, -0.2) is 80.7 Å². The van der Waals surface area contributed by atoms with Crippen LogP contribution in [0, 0.1) is 17.8 Å². The molecule has 0 radical (unpaired) electrons. The van der Waals surface area contributed by atoms with E-state index in [0.717, 1.165) is 30.1 Å². The number of methoxy groups -OCH3 is 1. The van der Waals surface area contributed by atoms with E-state index in [4.69, 9.17) is 9.47 Å². The van der Waals surface area contributed by atoms with Gasteiger partial charge < -0.3 is 24.2 Å². The van der Waals surface area contributed by atoms with Crippen LogP contribution in [0.2, 0.25) is 0 Å². The van der Waals surface area contributed by atoms with E-state index in [9.17, 15) is 9.59 Å². The van der Waals surface area contributed by atoms with Gasteiger partial charge in [-0.05, 0) is 23.6 Å². The highest BCUT2D eigenvalue weighted by atomic mass is 16.5. The Morgan fingerprint density at radius 3 is 2.31 bits per heavy atom. The van der Waals surface area contributed by atoms with Crippen molar-refractivity contribution in [1.29, 1.82) is 0 Å². The van der Waals surface area contributed by atoms with Gasteiger partial charge in [-0.25, -0.2) is 0 Å². The maximum atomic E-state index is 13.6. The summed E-state index contributed by atoms with van der Waals surface area (Å²) < 4.78 is 11.6. The molecule has 3 fully saturated rings. The number of amides is 2. The van der Waals surface area contributed by atoms with Crippen LogP contribution in [-0.2, 0) is 14.3 Å². The molecular formula is C29H37N3O4. The van der Waals surface area contributed by atoms with Crippen molar-refractivity contribution in [3.63, 3.8) is 0 Å². The Kier molecular flexibility index (Phi) is 7.19. The molecule has 0 saturated carbocycles. The quantitative estimate of drug-likeness (QED) is 0.621. The summed E-state index contributed by atoms with van der Waals surface area (Å²) in [6.07, 6.45) is -0.0543. The lowest BCUT2D eigenvalue weighted by Gasteiger charge is -2.38. The first-order chi connectivity index (χ1) is 17.5. The van der Waals surface area contributed by atoms with Crippen molar-refractivity contribution in [2.75, 3.05) is 57.9 Å². The highest BCUT2D eigenvalue weighted by Crippen LogP contribution is 2.38. The standard InChI is InChI=1S/C29H37N3O4/c1-20(2)27(21-9-5-4-6-10-21)29(34)32-17-22-23(19-36-26(22)18-32)28(33)31-15-13-30(14-16-31)24-11-7-8-12-25(24)35-3/h4-12,20,22-23,26-27H,13-19H2,1-3H3/t22-,23-,26+,27?/m1/s1. The van der Waals surface area contributed by atoms with Crippen LogP contribution in [0.1, 0.15) is 25.3 Å². The zero-order valence-corrected chi connectivity index (χ0v) is 21.5. The fourth-order valence-corrected chi connectivity index (χ4v) is 6.11. The molecule has 3 heterocycles. The Morgan fingerprint density at radius 2 is 1.61 bits per heavy atom. The van der Waals surface area contributed by atoms with Crippen LogP contribution in [0.4, 0.5) is 5.69 Å². The summed E-state index contributed by atoms with van der Waals surface area (Å²) in [4.78, 5) is 33.3. The number of piperazine rings is 1. The average Bonchev–Trinajstić information content (AvgIpc) is 3.50. The van der Waals surface area contributed by atoms with Gasteiger partial charge in [0.2, 0.25) is 11.8 Å². The molecule has 2 aromatic rings. The van der Waals surface area contributed by atoms with Crippen molar-refractivity contribution in [2.24, 2.45) is 17.8 Å². The Labute approximate surface area is 214 Å². The predicted octanol–water partition coefficient (Wildman–Crippen LogP) is 3.26. The second kappa shape index (κ2) is 10.5. The molecule has 192 valence electrons. The van der Waals surface area contributed by atoms with Gasteiger partial charge in [0.15, 0.2) is 0 Å².